The maximum atomic E-state index is 12.2. The fourth-order valence-corrected chi connectivity index (χ4v) is 3.10. The van der Waals surface area contributed by atoms with Crippen molar-refractivity contribution in [1.82, 2.24) is 10.4 Å². The Hall–Kier alpha value is -1.10. The summed E-state index contributed by atoms with van der Waals surface area (Å²) in [7, 11) is 0. The van der Waals surface area contributed by atoms with Crippen molar-refractivity contribution in [2.24, 2.45) is 17.8 Å². The third-order valence-corrected chi connectivity index (χ3v) is 4.08. The van der Waals surface area contributed by atoms with Crippen molar-refractivity contribution in [3.8, 4) is 0 Å². The lowest BCUT2D eigenvalue weighted by Gasteiger charge is -2.28. The van der Waals surface area contributed by atoms with Crippen molar-refractivity contribution in [3.05, 3.63) is 0 Å². The quantitative estimate of drug-likeness (QED) is 0.795. The third kappa shape index (κ3) is 3.02. The molecule has 18 heavy (non-hydrogen) atoms. The van der Waals surface area contributed by atoms with E-state index in [2.05, 4.69) is 5.43 Å². The van der Waals surface area contributed by atoms with Crippen LogP contribution in [0, 0.1) is 17.8 Å². The molecule has 0 bridgehead atoms. The van der Waals surface area contributed by atoms with Gasteiger partial charge in [-0.25, -0.2) is 5.01 Å². The molecule has 3 unspecified atom stereocenters. The number of carboxylic acids is 1. The molecule has 0 spiro atoms. The number of aliphatic carboxylic acids is 1. The van der Waals surface area contributed by atoms with E-state index < -0.39 is 11.9 Å². The second-order valence-corrected chi connectivity index (χ2v) is 5.65. The zero-order chi connectivity index (χ0) is 13.1. The summed E-state index contributed by atoms with van der Waals surface area (Å²) < 4.78 is 0. The fraction of sp³-hybridized carbons (Fsp3) is 0.846. The summed E-state index contributed by atoms with van der Waals surface area (Å²) in [4.78, 5) is 23.3. The van der Waals surface area contributed by atoms with Crippen molar-refractivity contribution in [1.29, 1.82) is 0 Å². The van der Waals surface area contributed by atoms with Gasteiger partial charge in [-0.05, 0) is 31.6 Å². The molecule has 5 nitrogen and oxygen atoms in total. The number of amides is 1. The molecule has 0 radical (unpaired) electrons. The Morgan fingerprint density at radius 3 is 2.33 bits per heavy atom. The molecule has 2 fully saturated rings. The number of piperidine rings is 1. The van der Waals surface area contributed by atoms with Crippen LogP contribution in [0.25, 0.3) is 0 Å². The van der Waals surface area contributed by atoms with Crippen LogP contribution in [0.1, 0.15) is 39.0 Å². The molecule has 1 aliphatic heterocycles. The van der Waals surface area contributed by atoms with Gasteiger partial charge in [0.1, 0.15) is 0 Å². The highest BCUT2D eigenvalue weighted by Gasteiger charge is 2.41. The molecule has 1 amide bonds. The summed E-state index contributed by atoms with van der Waals surface area (Å²) in [6.07, 6.45) is 4.72. The number of nitrogens with one attached hydrogen (secondary N) is 1. The molecule has 5 heteroatoms. The van der Waals surface area contributed by atoms with Gasteiger partial charge in [-0.2, -0.15) is 0 Å². The first-order chi connectivity index (χ1) is 8.58. The predicted molar refractivity (Wildman–Crippen MR) is 66.6 cm³/mol. The average Bonchev–Trinajstić information content (AvgIpc) is 2.73. The summed E-state index contributed by atoms with van der Waals surface area (Å²) in [5, 5.41) is 11.1. The van der Waals surface area contributed by atoms with Gasteiger partial charge in [-0.1, -0.05) is 13.3 Å². The van der Waals surface area contributed by atoms with Gasteiger partial charge in [0.05, 0.1) is 11.8 Å². The van der Waals surface area contributed by atoms with Crippen LogP contribution in [0.4, 0.5) is 0 Å². The minimum Gasteiger partial charge on any atom is -0.481 e. The molecule has 0 aromatic heterocycles. The molecule has 1 aliphatic carbocycles. The molecular formula is C13H22N2O3. The molecule has 102 valence electrons. The normalized spacial score (nSPS) is 33.3. The number of carboxylic acid groups (broad SMARTS) is 1. The Kier molecular flexibility index (Phi) is 4.22. The Labute approximate surface area is 108 Å². The zero-order valence-electron chi connectivity index (χ0n) is 10.9. The van der Waals surface area contributed by atoms with Gasteiger partial charge in [-0.3, -0.25) is 15.0 Å². The number of rotatable bonds is 3. The highest BCUT2D eigenvalue weighted by atomic mass is 16.4. The summed E-state index contributed by atoms with van der Waals surface area (Å²) in [5.74, 6) is -1.49. The van der Waals surface area contributed by atoms with E-state index in [1.54, 1.807) is 0 Å². The van der Waals surface area contributed by atoms with Crippen molar-refractivity contribution >= 4 is 11.9 Å². The number of nitrogens with zero attached hydrogens (tertiary/aromatic N) is 1. The van der Waals surface area contributed by atoms with E-state index in [0.717, 1.165) is 25.9 Å². The number of carbonyl (C=O) groups is 2. The highest BCUT2D eigenvalue weighted by Crippen LogP contribution is 2.36. The van der Waals surface area contributed by atoms with Gasteiger partial charge in [0.25, 0.3) is 0 Å². The minimum atomic E-state index is -0.835. The van der Waals surface area contributed by atoms with E-state index in [4.69, 9.17) is 5.11 Å². The van der Waals surface area contributed by atoms with Crippen LogP contribution in [-0.4, -0.2) is 35.1 Å². The molecule has 0 aromatic carbocycles. The molecule has 3 atom stereocenters. The van der Waals surface area contributed by atoms with Crippen LogP contribution in [-0.2, 0) is 9.59 Å². The van der Waals surface area contributed by atoms with E-state index in [1.165, 1.54) is 6.42 Å². The number of hydrazine groups is 1. The zero-order valence-corrected chi connectivity index (χ0v) is 10.9. The van der Waals surface area contributed by atoms with E-state index in [-0.39, 0.29) is 11.8 Å². The topological polar surface area (TPSA) is 69.6 Å². The molecule has 2 aliphatic rings. The van der Waals surface area contributed by atoms with E-state index in [1.807, 2.05) is 11.9 Å². The smallest absolute Gasteiger partial charge is 0.307 e. The summed E-state index contributed by atoms with van der Waals surface area (Å²) in [6.45, 7) is 3.78. The van der Waals surface area contributed by atoms with Crippen LogP contribution in [0.2, 0.25) is 0 Å². The first-order valence-corrected chi connectivity index (χ1v) is 6.86. The van der Waals surface area contributed by atoms with Gasteiger partial charge >= 0.3 is 5.97 Å². The lowest BCUT2D eigenvalue weighted by atomic mass is 9.95. The van der Waals surface area contributed by atoms with Crippen LogP contribution >= 0.6 is 0 Å². The van der Waals surface area contributed by atoms with E-state index in [9.17, 15) is 9.59 Å². The van der Waals surface area contributed by atoms with Crippen molar-refractivity contribution < 1.29 is 14.7 Å². The average molecular weight is 254 g/mol. The van der Waals surface area contributed by atoms with Crippen LogP contribution < -0.4 is 5.43 Å². The first kappa shape index (κ1) is 13.3. The Balaban J connectivity index is 1.92. The Morgan fingerprint density at radius 1 is 1.11 bits per heavy atom. The summed E-state index contributed by atoms with van der Waals surface area (Å²) in [5.41, 5.74) is 2.90. The third-order valence-electron chi connectivity index (χ3n) is 4.08. The SMILES string of the molecule is CC1CC(C(=O)O)C(C(=O)NN2CCCCC2)C1. The Morgan fingerprint density at radius 2 is 1.72 bits per heavy atom. The van der Waals surface area contributed by atoms with Crippen LogP contribution in [0.5, 0.6) is 0 Å². The number of hydrogen-bond acceptors (Lipinski definition) is 3. The summed E-state index contributed by atoms with van der Waals surface area (Å²) in [6, 6.07) is 0. The van der Waals surface area contributed by atoms with E-state index in [0.29, 0.717) is 18.8 Å². The predicted octanol–water partition coefficient (Wildman–Crippen LogP) is 1.25. The fourth-order valence-electron chi connectivity index (χ4n) is 3.10. The highest BCUT2D eigenvalue weighted by molar-refractivity contribution is 5.85. The monoisotopic (exact) mass is 254 g/mol. The maximum absolute atomic E-state index is 12.2. The molecule has 1 saturated heterocycles. The largest absolute Gasteiger partial charge is 0.481 e. The molecule has 2 rings (SSSR count). The molecule has 2 N–H and O–H groups in total. The molecular weight excluding hydrogens is 232 g/mol. The number of carbonyl (C=O) groups excluding carboxylic acids is 1. The van der Waals surface area contributed by atoms with Crippen molar-refractivity contribution in [3.63, 3.8) is 0 Å². The van der Waals surface area contributed by atoms with Gasteiger partial charge in [0, 0.05) is 13.1 Å². The maximum Gasteiger partial charge on any atom is 0.307 e. The van der Waals surface area contributed by atoms with Gasteiger partial charge in [0.15, 0.2) is 0 Å². The Bertz CT molecular complexity index is 326. The van der Waals surface area contributed by atoms with Crippen molar-refractivity contribution in [2.45, 2.75) is 39.0 Å². The standard InChI is InChI=1S/C13H22N2O3/c1-9-7-10(11(8-9)13(17)18)12(16)14-15-5-3-2-4-6-15/h9-11H,2-8H2,1H3,(H,14,16)(H,17,18). The molecule has 0 aromatic rings. The second kappa shape index (κ2) is 5.69. The lowest BCUT2D eigenvalue weighted by Crippen LogP contribution is -2.48. The van der Waals surface area contributed by atoms with Gasteiger partial charge in [-0.15, -0.1) is 0 Å². The van der Waals surface area contributed by atoms with Crippen LogP contribution in [0.3, 0.4) is 0 Å². The lowest BCUT2D eigenvalue weighted by molar-refractivity contribution is -0.147. The second-order valence-electron chi connectivity index (χ2n) is 5.65. The van der Waals surface area contributed by atoms with Gasteiger partial charge in [0.2, 0.25) is 5.91 Å². The van der Waals surface area contributed by atoms with Gasteiger partial charge < -0.3 is 5.11 Å². The number of hydrogen-bond donors (Lipinski definition) is 2. The van der Waals surface area contributed by atoms with Crippen LogP contribution in [0.15, 0.2) is 0 Å². The molecule has 1 saturated carbocycles. The summed E-state index contributed by atoms with van der Waals surface area (Å²) >= 11 is 0. The first-order valence-electron chi connectivity index (χ1n) is 6.86. The van der Waals surface area contributed by atoms with Crippen molar-refractivity contribution in [2.75, 3.05) is 13.1 Å². The van der Waals surface area contributed by atoms with E-state index >= 15 is 0 Å². The minimum absolute atomic E-state index is 0.103. The molecule has 1 heterocycles.